The number of benzene rings is 2. The second kappa shape index (κ2) is 8.51. The number of hydrogen-bond donors (Lipinski definition) is 1. The summed E-state index contributed by atoms with van der Waals surface area (Å²) < 4.78 is 36.8. The van der Waals surface area contributed by atoms with Crippen LogP contribution >= 0.6 is 11.6 Å². The molecule has 0 bridgehead atoms. The molecule has 29 heavy (non-hydrogen) atoms. The highest BCUT2D eigenvalue weighted by Gasteiger charge is 2.24. The van der Waals surface area contributed by atoms with Crippen molar-refractivity contribution in [2.75, 3.05) is 30.3 Å². The van der Waals surface area contributed by atoms with Crippen molar-refractivity contribution in [1.82, 2.24) is 5.32 Å². The van der Waals surface area contributed by atoms with Crippen LogP contribution in [0.2, 0.25) is 5.02 Å². The monoisotopic (exact) mass is 438 g/mol. The van der Waals surface area contributed by atoms with Gasteiger partial charge in [-0.25, -0.2) is 8.42 Å². The van der Waals surface area contributed by atoms with Crippen LogP contribution in [0, 0.1) is 6.92 Å². The molecule has 2 aromatic rings. The van der Waals surface area contributed by atoms with E-state index >= 15 is 0 Å². The molecule has 7 nitrogen and oxygen atoms in total. The van der Waals surface area contributed by atoms with Crippen LogP contribution in [-0.4, -0.2) is 40.3 Å². The van der Waals surface area contributed by atoms with Gasteiger partial charge in [-0.15, -0.1) is 0 Å². The predicted octanol–water partition coefficient (Wildman–Crippen LogP) is 3.06. The molecule has 3 rings (SSSR count). The summed E-state index contributed by atoms with van der Waals surface area (Å²) in [5.74, 6) is 0.859. The van der Waals surface area contributed by atoms with E-state index in [0.717, 1.165) is 16.1 Å². The average molecular weight is 439 g/mol. The number of ether oxygens (including phenoxy) is 2. The van der Waals surface area contributed by atoms with Crippen molar-refractivity contribution in [3.05, 3.63) is 52.5 Å². The molecular formula is C20H23ClN2O5S. The van der Waals surface area contributed by atoms with Crippen molar-refractivity contribution in [1.29, 1.82) is 0 Å². The summed E-state index contributed by atoms with van der Waals surface area (Å²) in [6.45, 7) is 4.15. The Bertz CT molecular complexity index is 1030. The van der Waals surface area contributed by atoms with Crippen LogP contribution in [0.1, 0.15) is 24.1 Å². The number of carbonyl (C=O) groups is 1. The van der Waals surface area contributed by atoms with Gasteiger partial charge in [0.1, 0.15) is 19.8 Å². The van der Waals surface area contributed by atoms with Gasteiger partial charge in [0.25, 0.3) is 0 Å². The fourth-order valence-electron chi connectivity index (χ4n) is 3.08. The van der Waals surface area contributed by atoms with Crippen molar-refractivity contribution < 1.29 is 22.7 Å². The number of nitrogens with zero attached hydrogens (tertiary/aromatic N) is 1. The molecule has 1 unspecified atom stereocenters. The first-order valence-corrected chi connectivity index (χ1v) is 11.3. The zero-order chi connectivity index (χ0) is 21.2. The summed E-state index contributed by atoms with van der Waals surface area (Å²) in [6.07, 6.45) is 1.06. The Labute approximate surface area is 175 Å². The summed E-state index contributed by atoms with van der Waals surface area (Å²) in [5.41, 5.74) is 1.79. The number of anilines is 1. The van der Waals surface area contributed by atoms with Crippen molar-refractivity contribution >= 4 is 33.2 Å². The lowest BCUT2D eigenvalue weighted by atomic mass is 10.1. The molecule has 1 heterocycles. The summed E-state index contributed by atoms with van der Waals surface area (Å²) in [7, 11) is -3.69. The number of nitrogens with one attached hydrogen (secondary N) is 1. The second-order valence-corrected chi connectivity index (χ2v) is 9.16. The zero-order valence-electron chi connectivity index (χ0n) is 16.4. The zero-order valence-corrected chi connectivity index (χ0v) is 18.0. The van der Waals surface area contributed by atoms with Gasteiger partial charge in [0.15, 0.2) is 11.5 Å². The van der Waals surface area contributed by atoms with E-state index in [2.05, 4.69) is 5.32 Å². The minimum atomic E-state index is -3.69. The van der Waals surface area contributed by atoms with E-state index in [1.807, 2.05) is 19.1 Å². The van der Waals surface area contributed by atoms with Gasteiger partial charge in [-0.05, 0) is 49.2 Å². The largest absolute Gasteiger partial charge is 0.486 e. The van der Waals surface area contributed by atoms with Gasteiger partial charge in [-0.3, -0.25) is 9.10 Å². The highest BCUT2D eigenvalue weighted by Crippen LogP contribution is 2.32. The van der Waals surface area contributed by atoms with Crippen LogP contribution in [0.15, 0.2) is 36.4 Å². The number of carbonyl (C=O) groups excluding carboxylic acids is 1. The maximum Gasteiger partial charge on any atom is 0.241 e. The van der Waals surface area contributed by atoms with Crippen LogP contribution in [0.25, 0.3) is 0 Å². The maximum absolute atomic E-state index is 12.6. The quantitative estimate of drug-likeness (QED) is 0.749. The molecular weight excluding hydrogens is 416 g/mol. The molecule has 1 aliphatic heterocycles. The topological polar surface area (TPSA) is 84.9 Å². The van der Waals surface area contributed by atoms with E-state index in [9.17, 15) is 13.2 Å². The van der Waals surface area contributed by atoms with Gasteiger partial charge in [-0.2, -0.15) is 0 Å². The Morgan fingerprint density at radius 2 is 1.90 bits per heavy atom. The summed E-state index contributed by atoms with van der Waals surface area (Å²) in [6, 6.07) is 10.1. The van der Waals surface area contributed by atoms with Gasteiger partial charge < -0.3 is 14.8 Å². The Kier molecular flexibility index (Phi) is 6.24. The Morgan fingerprint density at radius 3 is 2.59 bits per heavy atom. The predicted molar refractivity (Wildman–Crippen MR) is 112 cm³/mol. The molecule has 9 heteroatoms. The number of rotatable bonds is 6. The molecule has 0 radical (unpaired) electrons. The van der Waals surface area contributed by atoms with Gasteiger partial charge in [0.05, 0.1) is 18.0 Å². The normalized spacial score (nSPS) is 14.2. The maximum atomic E-state index is 12.6. The Balaban J connectivity index is 1.76. The summed E-state index contributed by atoms with van der Waals surface area (Å²) >= 11 is 6.12. The van der Waals surface area contributed by atoms with Crippen molar-refractivity contribution in [3.63, 3.8) is 0 Å². The van der Waals surface area contributed by atoms with Gasteiger partial charge in [0.2, 0.25) is 15.9 Å². The first kappa shape index (κ1) is 21.3. The highest BCUT2D eigenvalue weighted by molar-refractivity contribution is 7.92. The lowest BCUT2D eigenvalue weighted by Gasteiger charge is -2.25. The van der Waals surface area contributed by atoms with Crippen LogP contribution < -0.4 is 19.1 Å². The van der Waals surface area contributed by atoms with E-state index < -0.39 is 15.9 Å². The molecule has 0 aliphatic carbocycles. The van der Waals surface area contributed by atoms with E-state index in [-0.39, 0.29) is 12.6 Å². The van der Waals surface area contributed by atoms with E-state index in [1.54, 1.807) is 31.2 Å². The third kappa shape index (κ3) is 4.94. The number of sulfonamides is 1. The molecule has 0 aromatic heterocycles. The van der Waals surface area contributed by atoms with Crippen molar-refractivity contribution in [3.8, 4) is 11.5 Å². The number of amides is 1. The lowest BCUT2D eigenvalue weighted by Crippen LogP contribution is -2.41. The molecule has 156 valence electrons. The van der Waals surface area contributed by atoms with Gasteiger partial charge in [-0.1, -0.05) is 23.7 Å². The number of halogens is 1. The average Bonchev–Trinajstić information content (AvgIpc) is 2.67. The van der Waals surface area contributed by atoms with Crippen LogP contribution in [0.4, 0.5) is 5.69 Å². The molecule has 0 fully saturated rings. The first-order valence-electron chi connectivity index (χ1n) is 9.08. The fourth-order valence-corrected chi connectivity index (χ4v) is 4.15. The number of fused-ring (bicyclic) bond motifs is 1. The van der Waals surface area contributed by atoms with E-state index in [0.29, 0.717) is 41.0 Å². The first-order chi connectivity index (χ1) is 13.7. The molecule has 1 aliphatic rings. The molecule has 0 saturated heterocycles. The van der Waals surface area contributed by atoms with Crippen LogP contribution in [0.3, 0.4) is 0 Å². The Hall–Kier alpha value is -2.45. The van der Waals surface area contributed by atoms with E-state index in [1.165, 1.54) is 0 Å². The van der Waals surface area contributed by atoms with Crippen LogP contribution in [-0.2, 0) is 14.8 Å². The summed E-state index contributed by atoms with van der Waals surface area (Å²) in [5, 5.41) is 3.27. The summed E-state index contributed by atoms with van der Waals surface area (Å²) in [4.78, 5) is 12.6. The highest BCUT2D eigenvalue weighted by atomic mass is 35.5. The fraction of sp³-hybridized carbons (Fsp3) is 0.350. The van der Waals surface area contributed by atoms with Crippen molar-refractivity contribution in [2.45, 2.75) is 19.9 Å². The lowest BCUT2D eigenvalue weighted by molar-refractivity contribution is -0.120. The molecule has 1 atom stereocenters. The van der Waals surface area contributed by atoms with E-state index in [4.69, 9.17) is 21.1 Å². The van der Waals surface area contributed by atoms with Gasteiger partial charge >= 0.3 is 0 Å². The van der Waals surface area contributed by atoms with Gasteiger partial charge in [0, 0.05) is 5.02 Å². The van der Waals surface area contributed by atoms with Crippen LogP contribution in [0.5, 0.6) is 11.5 Å². The molecule has 2 aromatic carbocycles. The standard InChI is InChI=1S/C20H23ClN2O5S/c1-13-16(21)5-4-6-17(13)23(29(3,25)26)12-20(24)22-14(2)15-7-8-18-19(11-15)28-10-9-27-18/h4-8,11,14H,9-10,12H2,1-3H3,(H,22,24). The number of hydrogen-bond acceptors (Lipinski definition) is 5. The minimum absolute atomic E-state index is 0.347. The third-order valence-electron chi connectivity index (χ3n) is 4.64. The SMILES string of the molecule is Cc1c(Cl)cccc1N(CC(=O)NC(C)c1ccc2c(c1)OCCO2)S(C)(=O)=O. The minimum Gasteiger partial charge on any atom is -0.486 e. The molecule has 0 saturated carbocycles. The molecule has 1 amide bonds. The second-order valence-electron chi connectivity index (χ2n) is 6.85. The third-order valence-corrected chi connectivity index (χ3v) is 6.17. The molecule has 0 spiro atoms. The molecule has 1 N–H and O–H groups in total. The van der Waals surface area contributed by atoms with Crippen molar-refractivity contribution in [2.24, 2.45) is 0 Å². The Morgan fingerprint density at radius 1 is 1.21 bits per heavy atom. The smallest absolute Gasteiger partial charge is 0.241 e.